The number of hydrogen-bond donors (Lipinski definition) is 0. The van der Waals surface area contributed by atoms with Crippen LogP contribution >= 0.6 is 11.6 Å². The maximum absolute atomic E-state index is 12.5. The Morgan fingerprint density at radius 3 is 2.52 bits per heavy atom. The van der Waals surface area contributed by atoms with Gasteiger partial charge in [0.15, 0.2) is 5.65 Å². The molecule has 0 fully saturated rings. The zero-order valence-electron chi connectivity index (χ0n) is 12.9. The summed E-state index contributed by atoms with van der Waals surface area (Å²) in [4.78, 5) is 7.76. The van der Waals surface area contributed by atoms with Gasteiger partial charge in [0.1, 0.15) is 24.3 Å². The van der Waals surface area contributed by atoms with Gasteiger partial charge in [-0.2, -0.15) is 28.2 Å². The molecule has 0 radical (unpaired) electrons. The molecular weight excluding hydrogens is 361 g/mol. The standard InChI is InChI=1S/C15H12ClF3N4O2/c1-24-10-4-2-9(3-5-10)7-25-13-11-6-23(8-15(17,18)19)22-12(11)20-14(16)21-13/h2-6H,7-8H2,1H3. The van der Waals surface area contributed by atoms with Gasteiger partial charge in [0.05, 0.1) is 7.11 Å². The van der Waals surface area contributed by atoms with Crippen LogP contribution in [0, 0.1) is 0 Å². The third-order valence-electron chi connectivity index (χ3n) is 3.24. The SMILES string of the molecule is COc1ccc(COc2nc(Cl)nc3nn(CC(F)(F)F)cc23)cc1. The summed E-state index contributed by atoms with van der Waals surface area (Å²) in [6.07, 6.45) is -3.22. The van der Waals surface area contributed by atoms with Gasteiger partial charge in [-0.1, -0.05) is 12.1 Å². The zero-order valence-corrected chi connectivity index (χ0v) is 13.7. The van der Waals surface area contributed by atoms with Crippen LogP contribution in [0.3, 0.4) is 0 Å². The van der Waals surface area contributed by atoms with Crippen molar-refractivity contribution in [2.24, 2.45) is 0 Å². The number of methoxy groups -OCH3 is 1. The van der Waals surface area contributed by atoms with Gasteiger partial charge in [0.25, 0.3) is 0 Å². The number of ether oxygens (including phenoxy) is 2. The van der Waals surface area contributed by atoms with Crippen LogP contribution in [0.15, 0.2) is 30.5 Å². The number of rotatable bonds is 5. The molecule has 3 rings (SSSR count). The molecule has 132 valence electrons. The summed E-state index contributed by atoms with van der Waals surface area (Å²) in [6.45, 7) is -1.09. The van der Waals surface area contributed by atoms with Gasteiger partial charge >= 0.3 is 6.18 Å². The summed E-state index contributed by atoms with van der Waals surface area (Å²) in [7, 11) is 1.56. The molecule has 0 aliphatic carbocycles. The molecule has 25 heavy (non-hydrogen) atoms. The molecular formula is C15H12ClF3N4O2. The van der Waals surface area contributed by atoms with Crippen LogP contribution < -0.4 is 9.47 Å². The summed E-state index contributed by atoms with van der Waals surface area (Å²) in [5.74, 6) is 0.767. The van der Waals surface area contributed by atoms with Crippen molar-refractivity contribution in [1.29, 1.82) is 0 Å². The van der Waals surface area contributed by atoms with E-state index >= 15 is 0 Å². The first-order valence-corrected chi connectivity index (χ1v) is 7.45. The fraction of sp³-hybridized carbons (Fsp3) is 0.267. The third kappa shape index (κ3) is 4.30. The van der Waals surface area contributed by atoms with Crippen LogP contribution in [-0.2, 0) is 13.2 Å². The largest absolute Gasteiger partial charge is 0.497 e. The zero-order chi connectivity index (χ0) is 18.0. The van der Waals surface area contributed by atoms with E-state index in [1.807, 2.05) is 0 Å². The fourth-order valence-electron chi connectivity index (χ4n) is 2.15. The molecule has 3 aromatic rings. The van der Waals surface area contributed by atoms with Crippen LogP contribution in [0.4, 0.5) is 13.2 Å². The summed E-state index contributed by atoms with van der Waals surface area (Å²) < 4.78 is 48.9. The highest BCUT2D eigenvalue weighted by atomic mass is 35.5. The monoisotopic (exact) mass is 372 g/mol. The third-order valence-corrected chi connectivity index (χ3v) is 3.41. The van der Waals surface area contributed by atoms with E-state index in [0.717, 1.165) is 10.2 Å². The molecule has 10 heteroatoms. The topological polar surface area (TPSA) is 62.1 Å². The van der Waals surface area contributed by atoms with E-state index in [4.69, 9.17) is 21.1 Å². The smallest absolute Gasteiger partial charge is 0.408 e. The Hall–Kier alpha value is -2.55. The molecule has 2 aromatic heterocycles. The summed E-state index contributed by atoms with van der Waals surface area (Å²) >= 11 is 5.80. The van der Waals surface area contributed by atoms with Gasteiger partial charge in [0, 0.05) is 6.20 Å². The van der Waals surface area contributed by atoms with Crippen LogP contribution in [0.5, 0.6) is 11.6 Å². The fourth-order valence-corrected chi connectivity index (χ4v) is 2.31. The quantitative estimate of drug-likeness (QED) is 0.640. The minimum atomic E-state index is -4.40. The van der Waals surface area contributed by atoms with Gasteiger partial charge in [0.2, 0.25) is 11.2 Å². The van der Waals surface area contributed by atoms with E-state index < -0.39 is 12.7 Å². The first kappa shape index (κ1) is 17.3. The van der Waals surface area contributed by atoms with Crippen LogP contribution in [0.25, 0.3) is 11.0 Å². The lowest BCUT2D eigenvalue weighted by Crippen LogP contribution is -2.17. The van der Waals surface area contributed by atoms with Crippen molar-refractivity contribution in [3.8, 4) is 11.6 Å². The van der Waals surface area contributed by atoms with Crippen molar-refractivity contribution in [3.05, 3.63) is 41.3 Å². The molecule has 0 amide bonds. The lowest BCUT2D eigenvalue weighted by Gasteiger charge is -2.07. The van der Waals surface area contributed by atoms with E-state index in [0.29, 0.717) is 5.75 Å². The number of nitrogens with zero attached hydrogens (tertiary/aromatic N) is 4. The first-order valence-electron chi connectivity index (χ1n) is 7.07. The van der Waals surface area contributed by atoms with E-state index in [2.05, 4.69) is 15.1 Å². The lowest BCUT2D eigenvalue weighted by atomic mass is 10.2. The van der Waals surface area contributed by atoms with Crippen LogP contribution in [0.2, 0.25) is 5.28 Å². The molecule has 0 aliphatic rings. The maximum Gasteiger partial charge on any atom is 0.408 e. The normalized spacial score (nSPS) is 11.7. The Morgan fingerprint density at radius 2 is 1.88 bits per heavy atom. The minimum Gasteiger partial charge on any atom is -0.497 e. The van der Waals surface area contributed by atoms with Gasteiger partial charge in [-0.15, -0.1) is 0 Å². The molecule has 2 heterocycles. The molecule has 0 saturated heterocycles. The number of benzene rings is 1. The molecule has 1 aromatic carbocycles. The number of aromatic nitrogens is 4. The van der Waals surface area contributed by atoms with Crippen molar-refractivity contribution in [3.63, 3.8) is 0 Å². The van der Waals surface area contributed by atoms with Gasteiger partial charge < -0.3 is 9.47 Å². The van der Waals surface area contributed by atoms with Crippen LogP contribution in [-0.4, -0.2) is 33.0 Å². The predicted octanol–water partition coefficient (Wildman–Crippen LogP) is 3.63. The second-order valence-corrected chi connectivity index (χ2v) is 5.45. The average molecular weight is 373 g/mol. The second-order valence-electron chi connectivity index (χ2n) is 5.11. The molecule has 0 atom stereocenters. The van der Waals surface area contributed by atoms with E-state index in [1.54, 1.807) is 31.4 Å². The number of alkyl halides is 3. The van der Waals surface area contributed by atoms with Gasteiger partial charge in [-0.25, -0.2) is 0 Å². The molecule has 0 bridgehead atoms. The Bertz CT molecular complexity index is 881. The number of fused-ring (bicyclic) bond motifs is 1. The van der Waals surface area contributed by atoms with Crippen molar-refractivity contribution in [2.45, 2.75) is 19.3 Å². The Labute approximate surface area is 145 Å². The van der Waals surface area contributed by atoms with E-state index in [1.165, 1.54) is 6.20 Å². The highest BCUT2D eigenvalue weighted by Gasteiger charge is 2.29. The summed E-state index contributed by atoms with van der Waals surface area (Å²) in [5.41, 5.74) is 0.861. The van der Waals surface area contributed by atoms with Crippen molar-refractivity contribution >= 4 is 22.6 Å². The lowest BCUT2D eigenvalue weighted by molar-refractivity contribution is -0.142. The highest BCUT2D eigenvalue weighted by molar-refractivity contribution is 6.28. The van der Waals surface area contributed by atoms with Crippen molar-refractivity contribution in [1.82, 2.24) is 19.7 Å². The summed E-state index contributed by atoms with van der Waals surface area (Å²) in [5, 5.41) is 3.86. The number of hydrogen-bond acceptors (Lipinski definition) is 5. The maximum atomic E-state index is 12.5. The molecule has 0 unspecified atom stereocenters. The summed E-state index contributed by atoms with van der Waals surface area (Å²) in [6, 6.07) is 7.13. The first-order chi connectivity index (χ1) is 11.8. The Kier molecular flexibility index (Phi) is 4.67. The molecule has 0 N–H and O–H groups in total. The van der Waals surface area contributed by atoms with Gasteiger partial charge in [-0.3, -0.25) is 4.68 Å². The second kappa shape index (κ2) is 6.75. The van der Waals surface area contributed by atoms with Crippen LogP contribution in [0.1, 0.15) is 5.56 Å². The molecule has 0 saturated carbocycles. The molecule has 0 spiro atoms. The van der Waals surface area contributed by atoms with Crippen molar-refractivity contribution < 1.29 is 22.6 Å². The van der Waals surface area contributed by atoms with Gasteiger partial charge in [-0.05, 0) is 29.3 Å². The number of halogens is 4. The molecule has 6 nitrogen and oxygen atoms in total. The van der Waals surface area contributed by atoms with E-state index in [-0.39, 0.29) is 28.8 Å². The minimum absolute atomic E-state index is 0.0361. The Morgan fingerprint density at radius 1 is 1.16 bits per heavy atom. The molecule has 0 aliphatic heterocycles. The van der Waals surface area contributed by atoms with E-state index in [9.17, 15) is 13.2 Å². The predicted molar refractivity (Wildman–Crippen MR) is 83.7 cm³/mol. The Balaban J connectivity index is 1.84. The highest BCUT2D eigenvalue weighted by Crippen LogP contribution is 2.26. The average Bonchev–Trinajstić information content (AvgIpc) is 2.93. The van der Waals surface area contributed by atoms with Crippen molar-refractivity contribution in [2.75, 3.05) is 7.11 Å².